The Hall–Kier alpha value is -2.40. The highest BCUT2D eigenvalue weighted by Crippen LogP contribution is 2.35. The summed E-state index contributed by atoms with van der Waals surface area (Å²) >= 11 is 12.4. The molecule has 2 aromatic carbocycles. The molecule has 4 rings (SSSR count). The number of amides is 3. The maximum absolute atomic E-state index is 13.4. The molecule has 2 atom stereocenters. The van der Waals surface area contributed by atoms with Gasteiger partial charge in [0.15, 0.2) is 0 Å². The Morgan fingerprint density at radius 3 is 2.17 bits per heavy atom. The lowest BCUT2D eigenvalue weighted by atomic mass is 9.93. The summed E-state index contributed by atoms with van der Waals surface area (Å²) in [5, 5.41) is 0.782. The van der Waals surface area contributed by atoms with Gasteiger partial charge in [-0.05, 0) is 42.0 Å². The zero-order chi connectivity index (χ0) is 26.2. The number of likely N-dealkylation sites (tertiary alicyclic amines) is 1. The van der Waals surface area contributed by atoms with Crippen LogP contribution in [0, 0.1) is 5.82 Å². The number of hydrogen-bond acceptors (Lipinski definition) is 4. The van der Waals surface area contributed by atoms with Gasteiger partial charge >= 0.3 is 6.03 Å². The lowest BCUT2D eigenvalue weighted by molar-refractivity contribution is 0.0723. The van der Waals surface area contributed by atoms with Crippen molar-refractivity contribution in [2.45, 2.75) is 12.0 Å². The van der Waals surface area contributed by atoms with Gasteiger partial charge in [0.05, 0.1) is 22.3 Å². The number of sulfonamides is 1. The van der Waals surface area contributed by atoms with Gasteiger partial charge in [0, 0.05) is 57.8 Å². The van der Waals surface area contributed by atoms with E-state index in [0.29, 0.717) is 22.2 Å². The van der Waals surface area contributed by atoms with Crippen LogP contribution < -0.4 is 0 Å². The number of piperazine rings is 1. The van der Waals surface area contributed by atoms with E-state index in [2.05, 4.69) is 0 Å². The molecular formula is C24H27Cl2FN4O4S. The van der Waals surface area contributed by atoms with Crippen molar-refractivity contribution in [1.82, 2.24) is 19.0 Å². The molecule has 0 aliphatic carbocycles. The second-order valence-electron chi connectivity index (χ2n) is 9.11. The Morgan fingerprint density at radius 1 is 0.944 bits per heavy atom. The molecule has 2 heterocycles. The Morgan fingerprint density at radius 2 is 1.58 bits per heavy atom. The molecule has 3 amide bonds. The van der Waals surface area contributed by atoms with Crippen molar-refractivity contribution < 1.29 is 22.4 Å². The summed E-state index contributed by atoms with van der Waals surface area (Å²) in [6.07, 6.45) is 1.16. The number of likely N-dealkylation sites (N-methyl/N-ethyl adjacent to an activating group) is 1. The van der Waals surface area contributed by atoms with E-state index < -0.39 is 15.8 Å². The van der Waals surface area contributed by atoms with Gasteiger partial charge in [-0.1, -0.05) is 29.3 Å². The van der Waals surface area contributed by atoms with Crippen molar-refractivity contribution >= 4 is 45.2 Å². The van der Waals surface area contributed by atoms with Gasteiger partial charge in [-0.15, -0.1) is 0 Å². The molecule has 0 radical (unpaired) electrons. The number of urea groups is 1. The molecule has 0 bridgehead atoms. The second kappa shape index (κ2) is 10.5. The van der Waals surface area contributed by atoms with Crippen molar-refractivity contribution in [2.75, 3.05) is 52.6 Å². The minimum atomic E-state index is -3.31. The van der Waals surface area contributed by atoms with Crippen molar-refractivity contribution in [3.05, 3.63) is 69.5 Å². The fourth-order valence-electron chi connectivity index (χ4n) is 4.76. The second-order valence-corrected chi connectivity index (χ2v) is 11.9. The molecule has 0 unspecified atom stereocenters. The molecule has 2 saturated heterocycles. The molecule has 8 nitrogen and oxygen atoms in total. The molecule has 0 aromatic heterocycles. The lowest BCUT2D eigenvalue weighted by Crippen LogP contribution is -2.53. The molecule has 12 heteroatoms. The number of carbonyl (C=O) groups excluding carboxylic acids is 2. The van der Waals surface area contributed by atoms with Crippen molar-refractivity contribution in [1.29, 1.82) is 0 Å². The van der Waals surface area contributed by atoms with E-state index >= 15 is 0 Å². The van der Waals surface area contributed by atoms with E-state index in [4.69, 9.17) is 23.2 Å². The first kappa shape index (κ1) is 26.7. The molecule has 0 spiro atoms. The van der Waals surface area contributed by atoms with Crippen LogP contribution in [-0.2, 0) is 10.0 Å². The van der Waals surface area contributed by atoms with Gasteiger partial charge in [0.1, 0.15) is 5.82 Å². The van der Waals surface area contributed by atoms with Crippen LogP contribution in [-0.4, -0.2) is 98.0 Å². The summed E-state index contributed by atoms with van der Waals surface area (Å²) in [6, 6.07) is 10.0. The normalized spacial score (nSPS) is 21.0. The van der Waals surface area contributed by atoms with E-state index in [1.54, 1.807) is 33.9 Å². The fourth-order valence-corrected chi connectivity index (χ4v) is 5.90. The summed E-state index contributed by atoms with van der Waals surface area (Å²) in [4.78, 5) is 31.5. The van der Waals surface area contributed by atoms with E-state index in [9.17, 15) is 22.4 Å². The van der Waals surface area contributed by atoms with Crippen molar-refractivity contribution in [3.63, 3.8) is 0 Å². The molecule has 36 heavy (non-hydrogen) atoms. The minimum Gasteiger partial charge on any atom is -0.336 e. The summed E-state index contributed by atoms with van der Waals surface area (Å²) in [6.45, 7) is 1.67. The van der Waals surface area contributed by atoms with E-state index in [1.165, 1.54) is 28.6 Å². The molecule has 2 aliphatic rings. The molecular weight excluding hydrogens is 530 g/mol. The van der Waals surface area contributed by atoms with Crippen LogP contribution in [0.4, 0.5) is 9.18 Å². The van der Waals surface area contributed by atoms with Gasteiger partial charge in [0.25, 0.3) is 5.91 Å². The largest absolute Gasteiger partial charge is 0.336 e. The predicted octanol–water partition coefficient (Wildman–Crippen LogP) is 3.37. The van der Waals surface area contributed by atoms with Gasteiger partial charge < -0.3 is 14.7 Å². The number of halogens is 3. The van der Waals surface area contributed by atoms with Crippen LogP contribution in [0.15, 0.2) is 42.5 Å². The van der Waals surface area contributed by atoms with Crippen molar-refractivity contribution in [3.8, 4) is 0 Å². The third-order valence-electron chi connectivity index (χ3n) is 6.82. The van der Waals surface area contributed by atoms with E-state index in [0.717, 1.165) is 11.8 Å². The molecule has 2 fully saturated rings. The zero-order valence-electron chi connectivity index (χ0n) is 19.9. The Labute approximate surface area is 220 Å². The first-order chi connectivity index (χ1) is 17.0. The first-order valence-corrected chi connectivity index (χ1v) is 14.0. The molecule has 2 aromatic rings. The Bertz CT molecular complexity index is 1250. The molecule has 194 valence electrons. The summed E-state index contributed by atoms with van der Waals surface area (Å²) < 4.78 is 38.4. The monoisotopic (exact) mass is 556 g/mol. The van der Waals surface area contributed by atoms with E-state index in [1.807, 2.05) is 6.07 Å². The number of carbonyl (C=O) groups is 2. The first-order valence-electron chi connectivity index (χ1n) is 11.4. The third kappa shape index (κ3) is 5.61. The standard InChI is InChI=1S/C24H27Cl2FN4O4S/c1-28(23(32)16-3-6-18(27)7-4-16)22-15-30(14-19(22)17-5-8-20(25)21(26)13-17)24(33)29-9-11-31(12-10-29)36(2,34)35/h3-8,13,19,22H,9-12,14-15H2,1-2H3/t19-,22+/m0/s1. The topological polar surface area (TPSA) is 81.2 Å². The summed E-state index contributed by atoms with van der Waals surface area (Å²) in [7, 11) is -1.65. The van der Waals surface area contributed by atoms with Crippen molar-refractivity contribution in [2.24, 2.45) is 0 Å². The van der Waals surface area contributed by atoms with Crippen LogP contribution in [0.25, 0.3) is 0 Å². The van der Waals surface area contributed by atoms with Gasteiger partial charge in [-0.2, -0.15) is 4.31 Å². The maximum atomic E-state index is 13.4. The van der Waals surface area contributed by atoms with Crippen LogP contribution in [0.5, 0.6) is 0 Å². The molecule has 2 aliphatic heterocycles. The highest BCUT2D eigenvalue weighted by Gasteiger charge is 2.42. The average Bonchev–Trinajstić information content (AvgIpc) is 3.30. The van der Waals surface area contributed by atoms with Gasteiger partial charge in [-0.3, -0.25) is 4.79 Å². The van der Waals surface area contributed by atoms with Gasteiger partial charge in [0.2, 0.25) is 10.0 Å². The zero-order valence-corrected chi connectivity index (χ0v) is 22.2. The summed E-state index contributed by atoms with van der Waals surface area (Å²) in [5.74, 6) is -0.965. The smallest absolute Gasteiger partial charge is 0.320 e. The van der Waals surface area contributed by atoms with Crippen LogP contribution in [0.1, 0.15) is 21.8 Å². The maximum Gasteiger partial charge on any atom is 0.320 e. The van der Waals surface area contributed by atoms with Crippen LogP contribution >= 0.6 is 23.2 Å². The van der Waals surface area contributed by atoms with Crippen LogP contribution in [0.3, 0.4) is 0 Å². The average molecular weight is 557 g/mol. The number of rotatable bonds is 4. The number of hydrogen-bond donors (Lipinski definition) is 0. The number of nitrogens with zero attached hydrogens (tertiary/aromatic N) is 4. The minimum absolute atomic E-state index is 0.210. The third-order valence-corrected chi connectivity index (χ3v) is 8.86. The molecule has 0 saturated carbocycles. The lowest BCUT2D eigenvalue weighted by Gasteiger charge is -2.35. The Balaban J connectivity index is 1.56. The number of benzene rings is 2. The van der Waals surface area contributed by atoms with Gasteiger partial charge in [-0.25, -0.2) is 17.6 Å². The summed E-state index contributed by atoms with van der Waals surface area (Å²) in [5.41, 5.74) is 1.18. The highest BCUT2D eigenvalue weighted by atomic mass is 35.5. The molecule has 0 N–H and O–H groups in total. The highest BCUT2D eigenvalue weighted by molar-refractivity contribution is 7.88. The fraction of sp³-hybridized carbons (Fsp3) is 0.417. The Kier molecular flexibility index (Phi) is 7.80. The quantitative estimate of drug-likeness (QED) is 0.578. The van der Waals surface area contributed by atoms with E-state index in [-0.39, 0.29) is 56.6 Å². The van der Waals surface area contributed by atoms with Crippen LogP contribution in [0.2, 0.25) is 10.0 Å². The SMILES string of the molecule is CN(C(=O)c1ccc(F)cc1)[C@@H]1CN(C(=O)N2CCN(S(C)(=O)=O)CC2)C[C@H]1c1ccc(Cl)c(Cl)c1. The predicted molar refractivity (Wildman–Crippen MR) is 136 cm³/mol.